The normalized spacial score (nSPS) is 17.2. The van der Waals surface area contributed by atoms with E-state index >= 15 is 0 Å². The molecule has 0 bridgehead atoms. The van der Waals surface area contributed by atoms with Gasteiger partial charge in [0.15, 0.2) is 0 Å². The first kappa shape index (κ1) is 19.5. The van der Waals surface area contributed by atoms with Gasteiger partial charge < -0.3 is 20.6 Å². The molecule has 0 aliphatic carbocycles. The van der Waals surface area contributed by atoms with E-state index in [9.17, 15) is 9.90 Å². The molecule has 2 heterocycles. The predicted molar refractivity (Wildman–Crippen MR) is 101 cm³/mol. The minimum Gasteiger partial charge on any atom is -0.396 e. The van der Waals surface area contributed by atoms with E-state index in [1.807, 2.05) is 13.1 Å². The Morgan fingerprint density at radius 2 is 2.04 bits per heavy atom. The largest absolute Gasteiger partial charge is 0.396 e. The van der Waals surface area contributed by atoms with Gasteiger partial charge in [-0.2, -0.15) is 0 Å². The van der Waals surface area contributed by atoms with Crippen molar-refractivity contribution in [3.05, 3.63) is 23.9 Å². The van der Waals surface area contributed by atoms with Gasteiger partial charge in [-0.05, 0) is 43.2 Å². The second kappa shape index (κ2) is 8.52. The number of urea groups is 1. The first-order valence-corrected chi connectivity index (χ1v) is 9.15. The Bertz CT molecular complexity index is 546. The number of carbonyl (C=O) groups is 1. The van der Waals surface area contributed by atoms with E-state index in [0.29, 0.717) is 6.42 Å². The van der Waals surface area contributed by atoms with Crippen LogP contribution >= 0.6 is 0 Å². The Hall–Kier alpha value is -1.82. The highest BCUT2D eigenvalue weighted by molar-refractivity contribution is 5.74. The Morgan fingerprint density at radius 3 is 2.56 bits per heavy atom. The average molecular weight is 348 g/mol. The molecule has 6 heteroatoms. The molecule has 1 aliphatic rings. The van der Waals surface area contributed by atoms with Crippen LogP contribution in [-0.2, 0) is 0 Å². The fourth-order valence-electron chi connectivity index (χ4n) is 3.14. The lowest BCUT2D eigenvalue weighted by Crippen LogP contribution is -2.53. The second-order valence-electron chi connectivity index (χ2n) is 8.00. The number of aliphatic hydroxyl groups excluding tert-OH is 1. The number of rotatable bonds is 5. The molecule has 2 amide bonds. The van der Waals surface area contributed by atoms with Crippen LogP contribution in [0, 0.1) is 12.3 Å². The first-order chi connectivity index (χ1) is 11.8. The topological polar surface area (TPSA) is 77.5 Å². The molecule has 0 unspecified atom stereocenters. The quantitative estimate of drug-likeness (QED) is 0.764. The molecule has 1 aliphatic heterocycles. The minimum atomic E-state index is -0.139. The third-order valence-corrected chi connectivity index (χ3v) is 4.82. The summed E-state index contributed by atoms with van der Waals surface area (Å²) >= 11 is 0. The van der Waals surface area contributed by atoms with E-state index in [4.69, 9.17) is 0 Å². The van der Waals surface area contributed by atoms with Gasteiger partial charge in [-0.25, -0.2) is 9.78 Å². The molecular weight excluding hydrogens is 316 g/mol. The predicted octanol–water partition coefficient (Wildman–Crippen LogP) is 2.46. The van der Waals surface area contributed by atoms with Crippen molar-refractivity contribution in [3.63, 3.8) is 0 Å². The average Bonchev–Trinajstić information content (AvgIpc) is 2.55. The standard InChI is InChI=1S/C19H32N4O2/c1-14-5-6-17(20-13-14)23-10-7-15(8-11-23)21-18(25)22-16(9-12-24)19(2,3)4/h5-6,13,15-16,24H,7-12H2,1-4H3,(H2,21,22,25)/t16-/m1/s1. The monoisotopic (exact) mass is 348 g/mol. The first-order valence-electron chi connectivity index (χ1n) is 9.15. The van der Waals surface area contributed by atoms with E-state index in [1.165, 1.54) is 0 Å². The summed E-state index contributed by atoms with van der Waals surface area (Å²) in [6, 6.07) is 4.12. The molecule has 6 nitrogen and oxygen atoms in total. The van der Waals surface area contributed by atoms with Crippen LogP contribution in [0.25, 0.3) is 0 Å². The van der Waals surface area contributed by atoms with E-state index in [0.717, 1.165) is 37.3 Å². The Kier molecular flexibility index (Phi) is 6.64. The highest BCUT2D eigenvalue weighted by Crippen LogP contribution is 2.22. The number of aryl methyl sites for hydroxylation is 1. The van der Waals surface area contributed by atoms with Crippen molar-refractivity contribution in [2.45, 2.75) is 59.0 Å². The number of amides is 2. The van der Waals surface area contributed by atoms with Crippen LogP contribution < -0.4 is 15.5 Å². The summed E-state index contributed by atoms with van der Waals surface area (Å²) < 4.78 is 0. The van der Waals surface area contributed by atoms with E-state index in [1.54, 1.807) is 0 Å². The van der Waals surface area contributed by atoms with Crippen LogP contribution in [0.4, 0.5) is 10.6 Å². The molecule has 1 saturated heterocycles. The van der Waals surface area contributed by atoms with Crippen molar-refractivity contribution in [1.29, 1.82) is 0 Å². The molecule has 1 fully saturated rings. The van der Waals surface area contributed by atoms with Gasteiger partial charge >= 0.3 is 6.03 Å². The zero-order valence-corrected chi connectivity index (χ0v) is 15.9. The second-order valence-corrected chi connectivity index (χ2v) is 8.00. The highest BCUT2D eigenvalue weighted by atomic mass is 16.3. The van der Waals surface area contributed by atoms with E-state index in [-0.39, 0.29) is 30.1 Å². The summed E-state index contributed by atoms with van der Waals surface area (Å²) in [6.07, 6.45) is 4.27. The molecule has 0 aromatic carbocycles. The maximum Gasteiger partial charge on any atom is 0.315 e. The maximum absolute atomic E-state index is 12.3. The number of nitrogens with zero attached hydrogens (tertiary/aromatic N) is 2. The smallest absolute Gasteiger partial charge is 0.315 e. The number of nitrogens with one attached hydrogen (secondary N) is 2. The molecule has 1 atom stereocenters. The molecule has 3 N–H and O–H groups in total. The lowest BCUT2D eigenvalue weighted by Gasteiger charge is -2.35. The van der Waals surface area contributed by atoms with Gasteiger partial charge in [0.2, 0.25) is 0 Å². The van der Waals surface area contributed by atoms with Crippen LogP contribution in [0.5, 0.6) is 0 Å². The van der Waals surface area contributed by atoms with Crippen molar-refractivity contribution in [3.8, 4) is 0 Å². The van der Waals surface area contributed by atoms with Gasteiger partial charge in [0, 0.05) is 38.0 Å². The van der Waals surface area contributed by atoms with E-state index < -0.39 is 0 Å². The highest BCUT2D eigenvalue weighted by Gasteiger charge is 2.27. The molecule has 0 spiro atoms. The number of aliphatic hydroxyl groups is 1. The van der Waals surface area contributed by atoms with Gasteiger partial charge in [-0.1, -0.05) is 26.8 Å². The Labute approximate surface area is 151 Å². The fourth-order valence-corrected chi connectivity index (χ4v) is 3.14. The summed E-state index contributed by atoms with van der Waals surface area (Å²) in [4.78, 5) is 19.0. The minimum absolute atomic E-state index is 0.0469. The van der Waals surface area contributed by atoms with Crippen LogP contribution in [0.1, 0.15) is 45.6 Å². The summed E-state index contributed by atoms with van der Waals surface area (Å²) in [5, 5.41) is 15.3. The molecule has 140 valence electrons. The fraction of sp³-hybridized carbons (Fsp3) is 0.684. The molecule has 1 aromatic heterocycles. The number of carbonyl (C=O) groups excluding carboxylic acids is 1. The summed E-state index contributed by atoms with van der Waals surface area (Å²) in [5.74, 6) is 1.00. The van der Waals surface area contributed by atoms with Gasteiger partial charge in [0.25, 0.3) is 0 Å². The third-order valence-electron chi connectivity index (χ3n) is 4.82. The van der Waals surface area contributed by atoms with Crippen molar-refractivity contribution >= 4 is 11.8 Å². The Balaban J connectivity index is 1.80. The van der Waals surface area contributed by atoms with Gasteiger partial charge in [0.05, 0.1) is 0 Å². The summed E-state index contributed by atoms with van der Waals surface area (Å²) in [7, 11) is 0. The SMILES string of the molecule is Cc1ccc(N2CCC(NC(=O)N[C@H](CCO)C(C)(C)C)CC2)nc1. The van der Waals surface area contributed by atoms with Crippen LogP contribution in [0.3, 0.4) is 0 Å². The van der Waals surface area contributed by atoms with Gasteiger partial charge in [-0.15, -0.1) is 0 Å². The molecule has 0 radical (unpaired) electrons. The number of anilines is 1. The van der Waals surface area contributed by atoms with Crippen molar-refractivity contribution < 1.29 is 9.90 Å². The van der Waals surface area contributed by atoms with Crippen LogP contribution in [0.15, 0.2) is 18.3 Å². The van der Waals surface area contributed by atoms with Crippen molar-refractivity contribution in [2.24, 2.45) is 5.41 Å². The zero-order chi connectivity index (χ0) is 18.4. The van der Waals surface area contributed by atoms with Gasteiger partial charge in [-0.3, -0.25) is 0 Å². The zero-order valence-electron chi connectivity index (χ0n) is 15.9. The summed E-state index contributed by atoms with van der Waals surface area (Å²) in [5.41, 5.74) is 1.08. The number of hydrogen-bond donors (Lipinski definition) is 3. The lowest BCUT2D eigenvalue weighted by molar-refractivity contribution is 0.186. The lowest BCUT2D eigenvalue weighted by atomic mass is 9.85. The molecule has 25 heavy (non-hydrogen) atoms. The maximum atomic E-state index is 12.3. The number of piperidine rings is 1. The number of aromatic nitrogens is 1. The van der Waals surface area contributed by atoms with E-state index in [2.05, 4.69) is 53.4 Å². The van der Waals surface area contributed by atoms with Crippen molar-refractivity contribution in [1.82, 2.24) is 15.6 Å². The Morgan fingerprint density at radius 1 is 1.36 bits per heavy atom. The number of hydrogen-bond acceptors (Lipinski definition) is 4. The van der Waals surface area contributed by atoms with Gasteiger partial charge in [0.1, 0.15) is 5.82 Å². The number of pyridine rings is 1. The van der Waals surface area contributed by atoms with Crippen LogP contribution in [0.2, 0.25) is 0 Å². The third kappa shape index (κ3) is 5.88. The van der Waals surface area contributed by atoms with Crippen LogP contribution in [-0.4, -0.2) is 47.9 Å². The van der Waals surface area contributed by atoms with Crippen molar-refractivity contribution in [2.75, 3.05) is 24.6 Å². The molecule has 0 saturated carbocycles. The summed E-state index contributed by atoms with van der Waals surface area (Å²) in [6.45, 7) is 10.1. The molecule has 1 aromatic rings. The molecular formula is C19H32N4O2. The molecule has 2 rings (SSSR count).